The van der Waals surface area contributed by atoms with Crippen LogP contribution in [-0.2, 0) is 16.1 Å². The van der Waals surface area contributed by atoms with E-state index in [4.69, 9.17) is 4.42 Å². The van der Waals surface area contributed by atoms with Crippen molar-refractivity contribution in [3.05, 3.63) is 28.3 Å². The van der Waals surface area contributed by atoms with Crippen LogP contribution < -0.4 is 5.32 Å². The number of thiazole rings is 1. The smallest absolute Gasteiger partial charge is 0.243 e. The van der Waals surface area contributed by atoms with Gasteiger partial charge in [0.1, 0.15) is 17.5 Å². The molecule has 1 aliphatic heterocycles. The molecule has 4 saturated carbocycles. The largest absolute Gasteiger partial charge is 0.458 e. The monoisotopic (exact) mass is 453 g/mol. The zero-order valence-corrected chi connectivity index (χ0v) is 19.5. The molecule has 2 aromatic rings. The molecule has 4 aliphatic carbocycles. The number of likely N-dealkylation sites (tertiary alicyclic amines) is 1. The summed E-state index contributed by atoms with van der Waals surface area (Å²) < 4.78 is 5.88. The summed E-state index contributed by atoms with van der Waals surface area (Å²) in [6, 6.07) is 3.44. The Kier molecular flexibility index (Phi) is 4.93. The summed E-state index contributed by atoms with van der Waals surface area (Å²) in [5.74, 6) is 3.84. The molecule has 7 rings (SSSR count). The number of rotatable bonds is 5. The molecule has 0 radical (unpaired) electrons. The summed E-state index contributed by atoms with van der Waals surface area (Å²) in [6.45, 7) is 3.01. The molecule has 5 aliphatic rings. The van der Waals surface area contributed by atoms with Crippen molar-refractivity contribution in [2.75, 3.05) is 6.54 Å². The van der Waals surface area contributed by atoms with Gasteiger partial charge in [0.2, 0.25) is 11.8 Å². The molecule has 170 valence electrons. The number of aromatic nitrogens is 1. The first-order valence-electron chi connectivity index (χ1n) is 12.1. The first-order chi connectivity index (χ1) is 15.5. The maximum absolute atomic E-state index is 13.8. The van der Waals surface area contributed by atoms with E-state index in [1.807, 2.05) is 29.3 Å². The van der Waals surface area contributed by atoms with Crippen LogP contribution in [0.2, 0.25) is 0 Å². The minimum atomic E-state index is -0.342. The molecule has 2 aromatic heterocycles. The molecule has 1 N–H and O–H groups in total. The van der Waals surface area contributed by atoms with Crippen molar-refractivity contribution in [3.63, 3.8) is 0 Å². The number of furan rings is 1. The van der Waals surface area contributed by atoms with Crippen LogP contribution in [0.4, 0.5) is 0 Å². The molecule has 1 unspecified atom stereocenters. The minimum absolute atomic E-state index is 0.0527. The van der Waals surface area contributed by atoms with Crippen molar-refractivity contribution < 1.29 is 14.0 Å². The molecular formula is C25H31N3O3S. The number of hydrogen-bond acceptors (Lipinski definition) is 5. The maximum atomic E-state index is 13.8. The Morgan fingerprint density at radius 1 is 1.19 bits per heavy atom. The molecule has 0 aromatic carbocycles. The molecule has 6 nitrogen and oxygen atoms in total. The van der Waals surface area contributed by atoms with Gasteiger partial charge in [-0.25, -0.2) is 4.98 Å². The van der Waals surface area contributed by atoms with Crippen molar-refractivity contribution in [2.45, 2.75) is 70.9 Å². The molecule has 4 bridgehead atoms. The molecule has 3 heterocycles. The van der Waals surface area contributed by atoms with Crippen LogP contribution in [-0.4, -0.2) is 34.3 Å². The first-order valence-corrected chi connectivity index (χ1v) is 13.0. The normalized spacial score (nSPS) is 33.1. The third kappa shape index (κ3) is 3.49. The SMILES string of the molecule is Cc1nc(-c2ccc(CNC(=O)C3CCCN3C(=O)C34CC5CC(CC(C5)C3)C4)o2)cs1. The fourth-order valence-corrected chi connectivity index (χ4v) is 7.94. The van der Waals surface area contributed by atoms with Crippen molar-refractivity contribution in [2.24, 2.45) is 23.2 Å². The van der Waals surface area contributed by atoms with Crippen LogP contribution >= 0.6 is 11.3 Å². The van der Waals surface area contributed by atoms with Crippen molar-refractivity contribution in [3.8, 4) is 11.5 Å². The van der Waals surface area contributed by atoms with Gasteiger partial charge in [-0.3, -0.25) is 9.59 Å². The van der Waals surface area contributed by atoms with Gasteiger partial charge in [-0.15, -0.1) is 11.3 Å². The van der Waals surface area contributed by atoms with E-state index in [1.165, 1.54) is 19.3 Å². The van der Waals surface area contributed by atoms with Gasteiger partial charge in [0.25, 0.3) is 0 Å². The van der Waals surface area contributed by atoms with Crippen LogP contribution in [0.5, 0.6) is 0 Å². The maximum Gasteiger partial charge on any atom is 0.243 e. The standard InChI is InChI=1S/C25H31N3O3S/c1-15-27-20(14-32-15)22-5-4-19(31-22)13-26-23(29)21-3-2-6-28(21)24(30)25-10-16-7-17(11-25)9-18(8-16)12-25/h4-5,14,16-18,21H,2-3,6-13H2,1H3,(H,26,29). The number of amides is 2. The van der Waals surface area contributed by atoms with Gasteiger partial charge in [0.05, 0.1) is 17.0 Å². The summed E-state index contributed by atoms with van der Waals surface area (Å²) in [4.78, 5) is 33.2. The number of carbonyl (C=O) groups excluding carboxylic acids is 2. The predicted molar refractivity (Wildman–Crippen MR) is 122 cm³/mol. The van der Waals surface area contributed by atoms with E-state index < -0.39 is 0 Å². The molecule has 32 heavy (non-hydrogen) atoms. The summed E-state index contributed by atoms with van der Waals surface area (Å²) in [7, 11) is 0. The van der Waals surface area contributed by atoms with Gasteiger partial charge in [-0.05, 0) is 88.2 Å². The number of nitrogens with zero attached hydrogens (tertiary/aromatic N) is 2. The molecule has 1 atom stereocenters. The van der Waals surface area contributed by atoms with Gasteiger partial charge in [-0.2, -0.15) is 0 Å². The highest BCUT2D eigenvalue weighted by molar-refractivity contribution is 7.09. The van der Waals surface area contributed by atoms with Crippen molar-refractivity contribution >= 4 is 23.2 Å². The van der Waals surface area contributed by atoms with Gasteiger partial charge >= 0.3 is 0 Å². The summed E-state index contributed by atoms with van der Waals surface area (Å²) >= 11 is 1.59. The molecule has 2 amide bonds. The van der Waals surface area contributed by atoms with Crippen molar-refractivity contribution in [1.82, 2.24) is 15.2 Å². The first kappa shape index (κ1) is 20.5. The van der Waals surface area contributed by atoms with Crippen molar-refractivity contribution in [1.29, 1.82) is 0 Å². The van der Waals surface area contributed by atoms with E-state index in [-0.39, 0.29) is 23.3 Å². The van der Waals surface area contributed by atoms with Gasteiger partial charge in [0, 0.05) is 11.9 Å². The Morgan fingerprint density at radius 2 is 1.91 bits per heavy atom. The quantitative estimate of drug-likeness (QED) is 0.721. The Balaban J connectivity index is 1.11. The van der Waals surface area contributed by atoms with Gasteiger partial charge in [0.15, 0.2) is 5.76 Å². The van der Waals surface area contributed by atoms with Crippen LogP contribution in [0.3, 0.4) is 0 Å². The molecule has 1 saturated heterocycles. The van der Waals surface area contributed by atoms with E-state index in [2.05, 4.69) is 10.3 Å². The zero-order chi connectivity index (χ0) is 21.9. The number of aryl methyl sites for hydroxylation is 1. The fourth-order valence-electron chi connectivity index (χ4n) is 7.34. The topological polar surface area (TPSA) is 75.4 Å². The Hall–Kier alpha value is -2.15. The Morgan fingerprint density at radius 3 is 2.56 bits per heavy atom. The number of carbonyl (C=O) groups is 2. The summed E-state index contributed by atoms with van der Waals surface area (Å²) in [5, 5.41) is 6.00. The molecule has 7 heteroatoms. The fraction of sp³-hybridized carbons (Fsp3) is 0.640. The third-order valence-electron chi connectivity index (χ3n) is 8.28. The van der Waals surface area contributed by atoms with Crippen LogP contribution in [0.1, 0.15) is 62.1 Å². The minimum Gasteiger partial charge on any atom is -0.458 e. The Labute approximate surface area is 192 Å². The highest BCUT2D eigenvalue weighted by Crippen LogP contribution is 2.60. The predicted octanol–water partition coefficient (Wildman–Crippen LogP) is 4.54. The lowest BCUT2D eigenvalue weighted by molar-refractivity contribution is -0.160. The zero-order valence-electron chi connectivity index (χ0n) is 18.6. The molecule has 5 fully saturated rings. The average Bonchev–Trinajstić information content (AvgIpc) is 3.51. The second-order valence-corrected chi connectivity index (χ2v) is 11.7. The van der Waals surface area contributed by atoms with Gasteiger partial charge < -0.3 is 14.6 Å². The second-order valence-electron chi connectivity index (χ2n) is 10.6. The molecule has 0 spiro atoms. The molecular weight excluding hydrogens is 422 g/mol. The highest BCUT2D eigenvalue weighted by Gasteiger charge is 2.56. The van der Waals surface area contributed by atoms with E-state index in [0.717, 1.165) is 66.3 Å². The second kappa shape index (κ2) is 7.72. The van der Waals surface area contributed by atoms with E-state index in [0.29, 0.717) is 18.8 Å². The summed E-state index contributed by atoms with van der Waals surface area (Å²) in [6.07, 6.45) is 8.78. The van der Waals surface area contributed by atoms with Crippen LogP contribution in [0.15, 0.2) is 21.9 Å². The Bertz CT molecular complexity index is 1010. The average molecular weight is 454 g/mol. The highest BCUT2D eigenvalue weighted by atomic mass is 32.1. The van der Waals surface area contributed by atoms with Crippen LogP contribution in [0.25, 0.3) is 11.5 Å². The third-order valence-corrected chi connectivity index (χ3v) is 9.05. The number of hydrogen-bond donors (Lipinski definition) is 1. The number of nitrogens with one attached hydrogen (secondary N) is 1. The summed E-state index contributed by atoms with van der Waals surface area (Å²) in [5.41, 5.74) is 0.646. The van der Waals surface area contributed by atoms with Gasteiger partial charge in [-0.1, -0.05) is 0 Å². The lowest BCUT2D eigenvalue weighted by Gasteiger charge is -2.56. The van der Waals surface area contributed by atoms with E-state index >= 15 is 0 Å². The van der Waals surface area contributed by atoms with E-state index in [9.17, 15) is 9.59 Å². The lowest BCUT2D eigenvalue weighted by atomic mass is 9.49. The van der Waals surface area contributed by atoms with E-state index in [1.54, 1.807) is 11.3 Å². The lowest BCUT2D eigenvalue weighted by Crippen LogP contribution is -2.57. The van der Waals surface area contributed by atoms with Crippen LogP contribution in [0, 0.1) is 30.1 Å².